The van der Waals surface area contributed by atoms with Crippen molar-refractivity contribution in [1.82, 2.24) is 10.3 Å². The number of pyridine rings is 1. The highest BCUT2D eigenvalue weighted by atomic mass is 16.6. The van der Waals surface area contributed by atoms with Crippen LogP contribution in [0.4, 0.5) is 0 Å². The number of nitrogens with zero attached hydrogens (tertiary/aromatic N) is 1. The molecule has 5 heteroatoms. The summed E-state index contributed by atoms with van der Waals surface area (Å²) in [4.78, 5) is 16.0. The molecule has 1 aromatic heterocycles. The second kappa shape index (κ2) is 5.61. The third kappa shape index (κ3) is 2.71. The molecule has 102 valence electrons. The van der Waals surface area contributed by atoms with Crippen LogP contribution in [-0.2, 0) is 11.3 Å². The van der Waals surface area contributed by atoms with E-state index in [2.05, 4.69) is 10.3 Å². The number of carbonyl (C=O) groups excluding carboxylic acids is 1. The average molecular weight is 270 g/mol. The molecule has 0 saturated carbocycles. The van der Waals surface area contributed by atoms with E-state index in [1.807, 2.05) is 30.3 Å². The Kier molecular flexibility index (Phi) is 3.50. The van der Waals surface area contributed by atoms with E-state index >= 15 is 0 Å². The topological polar surface area (TPSA) is 60.5 Å². The molecule has 2 aromatic rings. The van der Waals surface area contributed by atoms with E-state index in [1.165, 1.54) is 0 Å². The Morgan fingerprint density at radius 1 is 1.25 bits per heavy atom. The molecule has 20 heavy (non-hydrogen) atoms. The number of benzene rings is 1. The van der Waals surface area contributed by atoms with E-state index in [1.54, 1.807) is 18.5 Å². The fourth-order valence-corrected chi connectivity index (χ4v) is 1.95. The fraction of sp³-hybridized carbons (Fsp3) is 0.200. The average Bonchev–Trinajstić information content (AvgIpc) is 2.53. The maximum atomic E-state index is 12.0. The third-order valence-electron chi connectivity index (χ3n) is 2.99. The van der Waals surface area contributed by atoms with Gasteiger partial charge in [0.05, 0.1) is 0 Å². The van der Waals surface area contributed by atoms with Gasteiger partial charge in [0.25, 0.3) is 5.91 Å². The van der Waals surface area contributed by atoms with Gasteiger partial charge in [-0.05, 0) is 23.8 Å². The number of ether oxygens (including phenoxy) is 2. The second-order valence-electron chi connectivity index (χ2n) is 4.44. The summed E-state index contributed by atoms with van der Waals surface area (Å²) in [5, 5.41) is 2.82. The molecule has 0 fully saturated rings. The lowest BCUT2D eigenvalue weighted by Gasteiger charge is -2.25. The van der Waals surface area contributed by atoms with Crippen LogP contribution in [0.15, 0.2) is 48.8 Å². The first-order chi connectivity index (χ1) is 9.83. The number of rotatable bonds is 3. The number of fused-ring (bicyclic) bond motifs is 1. The Bertz CT molecular complexity index is 601. The van der Waals surface area contributed by atoms with E-state index in [4.69, 9.17) is 9.47 Å². The number of hydrogen-bond acceptors (Lipinski definition) is 4. The van der Waals surface area contributed by atoms with E-state index in [0.29, 0.717) is 18.0 Å². The summed E-state index contributed by atoms with van der Waals surface area (Å²) in [6.45, 7) is 0.643. The van der Waals surface area contributed by atoms with E-state index in [-0.39, 0.29) is 12.5 Å². The Morgan fingerprint density at radius 2 is 2.10 bits per heavy atom. The van der Waals surface area contributed by atoms with Crippen molar-refractivity contribution in [3.63, 3.8) is 0 Å². The highest BCUT2D eigenvalue weighted by Gasteiger charge is 2.26. The molecule has 1 atom stereocenters. The molecule has 0 aliphatic carbocycles. The lowest BCUT2D eigenvalue weighted by atomic mass is 10.2. The maximum Gasteiger partial charge on any atom is 0.264 e. The normalized spacial score (nSPS) is 16.5. The van der Waals surface area contributed by atoms with E-state index in [0.717, 1.165) is 5.56 Å². The Labute approximate surface area is 116 Å². The molecule has 5 nitrogen and oxygen atoms in total. The monoisotopic (exact) mass is 270 g/mol. The fourth-order valence-electron chi connectivity index (χ4n) is 1.95. The summed E-state index contributed by atoms with van der Waals surface area (Å²) in [5.74, 6) is 1.08. The lowest BCUT2D eigenvalue weighted by molar-refractivity contribution is -0.130. The van der Waals surface area contributed by atoms with Crippen LogP contribution in [0.1, 0.15) is 5.56 Å². The van der Waals surface area contributed by atoms with Crippen molar-refractivity contribution < 1.29 is 14.3 Å². The predicted molar refractivity (Wildman–Crippen MR) is 72.4 cm³/mol. The van der Waals surface area contributed by atoms with Gasteiger partial charge >= 0.3 is 0 Å². The van der Waals surface area contributed by atoms with Crippen LogP contribution in [-0.4, -0.2) is 23.6 Å². The van der Waals surface area contributed by atoms with Crippen LogP contribution >= 0.6 is 0 Å². The summed E-state index contributed by atoms with van der Waals surface area (Å²) in [6.07, 6.45) is 2.79. The van der Waals surface area contributed by atoms with Gasteiger partial charge in [-0.3, -0.25) is 9.78 Å². The van der Waals surface area contributed by atoms with Gasteiger partial charge in [0, 0.05) is 18.9 Å². The number of carbonyl (C=O) groups is 1. The van der Waals surface area contributed by atoms with Crippen molar-refractivity contribution >= 4 is 5.91 Å². The first-order valence-electron chi connectivity index (χ1n) is 6.38. The van der Waals surface area contributed by atoms with Crippen LogP contribution in [0, 0.1) is 0 Å². The van der Waals surface area contributed by atoms with Crippen molar-refractivity contribution in [1.29, 1.82) is 0 Å². The molecule has 0 bridgehead atoms. The Hall–Kier alpha value is -2.56. The van der Waals surface area contributed by atoms with E-state index in [9.17, 15) is 4.79 Å². The molecule has 2 heterocycles. The molecule has 1 aliphatic rings. The number of para-hydroxylation sites is 2. The number of amides is 1. The number of nitrogens with one attached hydrogen (secondary N) is 1. The summed E-state index contributed by atoms with van der Waals surface area (Å²) >= 11 is 0. The Balaban J connectivity index is 1.59. The molecule has 1 amide bonds. The maximum absolute atomic E-state index is 12.0. The molecule has 3 rings (SSSR count). The van der Waals surface area contributed by atoms with Gasteiger partial charge in [-0.25, -0.2) is 0 Å². The first-order valence-corrected chi connectivity index (χ1v) is 6.38. The zero-order valence-electron chi connectivity index (χ0n) is 10.8. The molecule has 0 radical (unpaired) electrons. The Morgan fingerprint density at radius 3 is 2.90 bits per heavy atom. The summed E-state index contributed by atoms with van der Waals surface area (Å²) in [5.41, 5.74) is 0.943. The van der Waals surface area contributed by atoms with Crippen molar-refractivity contribution in [3.05, 3.63) is 54.4 Å². The van der Waals surface area contributed by atoms with Gasteiger partial charge in [-0.15, -0.1) is 0 Å². The van der Waals surface area contributed by atoms with Crippen LogP contribution in [0.5, 0.6) is 11.5 Å². The third-order valence-corrected chi connectivity index (χ3v) is 2.99. The molecule has 1 aliphatic heterocycles. The van der Waals surface area contributed by atoms with Crippen molar-refractivity contribution in [2.75, 3.05) is 6.61 Å². The van der Waals surface area contributed by atoms with Gasteiger partial charge in [-0.2, -0.15) is 0 Å². The van der Waals surface area contributed by atoms with Gasteiger partial charge in [0.15, 0.2) is 11.5 Å². The quantitative estimate of drug-likeness (QED) is 0.919. The van der Waals surface area contributed by atoms with Gasteiger partial charge in [0.1, 0.15) is 6.61 Å². The van der Waals surface area contributed by atoms with Crippen LogP contribution in [0.2, 0.25) is 0 Å². The highest BCUT2D eigenvalue weighted by Crippen LogP contribution is 2.30. The largest absolute Gasteiger partial charge is 0.485 e. The van der Waals surface area contributed by atoms with Crippen molar-refractivity contribution in [2.45, 2.75) is 12.6 Å². The standard InChI is InChI=1S/C15H14N2O3/c18-15(17-9-11-4-3-7-16-8-11)14-10-19-12-5-1-2-6-13(12)20-14/h1-8,14H,9-10H2,(H,17,18)/t14-/m0/s1. The lowest BCUT2D eigenvalue weighted by Crippen LogP contribution is -2.43. The number of hydrogen-bond donors (Lipinski definition) is 1. The molecule has 0 saturated heterocycles. The van der Waals surface area contributed by atoms with Crippen LogP contribution < -0.4 is 14.8 Å². The zero-order valence-corrected chi connectivity index (χ0v) is 10.8. The summed E-state index contributed by atoms with van der Waals surface area (Å²) in [7, 11) is 0. The first kappa shape index (κ1) is 12.5. The number of aromatic nitrogens is 1. The molecular weight excluding hydrogens is 256 g/mol. The van der Waals surface area contributed by atoms with E-state index < -0.39 is 6.10 Å². The van der Waals surface area contributed by atoms with Crippen molar-refractivity contribution in [2.24, 2.45) is 0 Å². The molecule has 0 spiro atoms. The van der Waals surface area contributed by atoms with Gasteiger partial charge in [-0.1, -0.05) is 18.2 Å². The minimum atomic E-state index is -0.624. The summed E-state index contributed by atoms with van der Waals surface area (Å²) in [6, 6.07) is 11.1. The SMILES string of the molecule is O=C(NCc1cccnc1)[C@@H]1COc2ccccc2O1. The zero-order chi connectivity index (χ0) is 13.8. The van der Waals surface area contributed by atoms with Crippen LogP contribution in [0.25, 0.3) is 0 Å². The minimum absolute atomic E-state index is 0.191. The smallest absolute Gasteiger partial charge is 0.264 e. The highest BCUT2D eigenvalue weighted by molar-refractivity contribution is 5.81. The second-order valence-corrected chi connectivity index (χ2v) is 4.44. The van der Waals surface area contributed by atoms with Gasteiger partial charge in [0.2, 0.25) is 6.10 Å². The molecule has 0 unspecified atom stereocenters. The molecular formula is C15H14N2O3. The van der Waals surface area contributed by atoms with Crippen molar-refractivity contribution in [3.8, 4) is 11.5 Å². The summed E-state index contributed by atoms with van der Waals surface area (Å²) < 4.78 is 11.1. The molecule has 1 N–H and O–H groups in total. The minimum Gasteiger partial charge on any atom is -0.485 e. The predicted octanol–water partition coefficient (Wildman–Crippen LogP) is 1.54. The van der Waals surface area contributed by atoms with Gasteiger partial charge < -0.3 is 14.8 Å². The van der Waals surface area contributed by atoms with Crippen LogP contribution in [0.3, 0.4) is 0 Å². The molecule has 1 aromatic carbocycles.